The fourth-order valence-electron chi connectivity index (χ4n) is 0. The van der Waals surface area contributed by atoms with E-state index in [1.54, 1.807) is 0 Å². The zero-order chi connectivity index (χ0) is 12.6. The summed E-state index contributed by atoms with van der Waals surface area (Å²) in [5.74, 6) is -0.0833. The molecular weight excluding hydrogens is 302 g/mol. The summed E-state index contributed by atoms with van der Waals surface area (Å²) in [6.45, 7) is 0. The van der Waals surface area contributed by atoms with Crippen LogP contribution in [-0.2, 0) is 37.9 Å². The molecule has 11 nitrogen and oxygen atoms in total. The molecule has 0 fully saturated rings. The summed E-state index contributed by atoms with van der Waals surface area (Å²) in [6.07, 6.45) is 0. The minimum atomic E-state index is -5.17. The van der Waals surface area contributed by atoms with Gasteiger partial charge in [0.2, 0.25) is 0 Å². The minimum Gasteiger partial charge on any atom is -0.759 e. The van der Waals surface area contributed by atoms with Crippen molar-refractivity contribution in [2.45, 2.75) is 0 Å². The fourth-order valence-corrected chi connectivity index (χ4v) is 0. The summed E-state index contributed by atoms with van der Waals surface area (Å²) in [5.41, 5.74) is 7.58. The Morgan fingerprint density at radius 1 is 1.00 bits per heavy atom. The second kappa shape index (κ2) is 10.2. The van der Waals surface area contributed by atoms with Gasteiger partial charge in [0.05, 0.1) is 0 Å². The molecule has 0 heterocycles. The smallest absolute Gasteiger partial charge is 0.759 e. The van der Waals surface area contributed by atoms with Gasteiger partial charge in [-0.05, 0) is 0 Å². The van der Waals surface area contributed by atoms with Gasteiger partial charge in [-0.3, -0.25) is 22.6 Å². The molecule has 0 aliphatic rings. The molecule has 14 heteroatoms. The van der Waals surface area contributed by atoms with Crippen molar-refractivity contribution in [2.24, 2.45) is 5.73 Å². The summed E-state index contributed by atoms with van der Waals surface area (Å²) in [5, 5.41) is 6.17. The van der Waals surface area contributed by atoms with E-state index < -0.39 is 20.8 Å². The van der Waals surface area contributed by atoms with E-state index in [1.807, 2.05) is 0 Å². The van der Waals surface area contributed by atoms with Crippen LogP contribution in [-0.4, -0.2) is 41.0 Å². The predicted octanol–water partition coefficient (Wildman–Crippen LogP) is -4.56. The summed E-state index contributed by atoms with van der Waals surface area (Å²) in [6, 6.07) is 0. The van der Waals surface area contributed by atoms with Gasteiger partial charge in [-0.2, -0.15) is 0 Å². The normalized spacial score (nSPS) is 9.40. The average Bonchev–Trinajstić information content (AvgIpc) is 1.45. The Bertz CT molecular complexity index is 294. The molecule has 0 unspecified atom stereocenters. The first-order chi connectivity index (χ1) is 5.73. The Morgan fingerprint density at radius 3 is 1.00 bits per heavy atom. The maximum atomic E-state index is 8.52. The molecule has 0 saturated carbocycles. The first kappa shape index (κ1) is 24.1. The molecule has 0 spiro atoms. The van der Waals surface area contributed by atoms with Crippen LogP contribution in [0.25, 0.3) is 0 Å². The van der Waals surface area contributed by atoms with E-state index in [9.17, 15) is 0 Å². The molecule has 0 aliphatic carbocycles. The van der Waals surface area contributed by atoms with Crippen molar-refractivity contribution in [1.82, 2.24) is 0 Å². The molecule has 0 atom stereocenters. The molecule has 0 aliphatic heterocycles. The Balaban J connectivity index is -0.0000000590. The molecule has 0 saturated heterocycles. The second-order valence-corrected chi connectivity index (χ2v) is 2.97. The summed E-state index contributed by atoms with van der Waals surface area (Å²) >= 11 is 0. The van der Waals surface area contributed by atoms with Crippen molar-refractivity contribution in [1.29, 1.82) is 5.41 Å². The Labute approximate surface area is 96.0 Å². The van der Waals surface area contributed by atoms with Crippen molar-refractivity contribution in [2.75, 3.05) is 0 Å². The van der Waals surface area contributed by atoms with Crippen LogP contribution >= 0.6 is 0 Å². The zero-order valence-electron chi connectivity index (χ0n) is 6.72. The van der Waals surface area contributed by atoms with Gasteiger partial charge in [0.25, 0.3) is 5.96 Å². The number of hydrogen-bond acceptors (Lipinski definition) is 9. The van der Waals surface area contributed by atoms with Crippen LogP contribution in [0, 0.1) is 5.41 Å². The van der Waals surface area contributed by atoms with E-state index in [0.29, 0.717) is 0 Å². The molecule has 93 valence electrons. The molecule has 15 heavy (non-hydrogen) atoms. The van der Waals surface area contributed by atoms with E-state index in [0.717, 1.165) is 0 Å². The Hall–Kier alpha value is -0.311. The number of rotatable bonds is 0. The maximum Gasteiger partial charge on any atom is 3.00 e. The predicted molar refractivity (Wildman–Crippen MR) is 35.8 cm³/mol. The largest absolute Gasteiger partial charge is 3.00 e. The van der Waals surface area contributed by atoms with Crippen LogP contribution < -0.4 is 11.5 Å². The molecule has 0 aromatic carbocycles. The monoisotopic (exact) mass is 308 g/mol. The summed E-state index contributed by atoms with van der Waals surface area (Å²) in [4.78, 5) is 0. The molecule has 0 aromatic heterocycles. The number of quaternary nitrogens is 1. The molecule has 0 aromatic rings. The topological polar surface area (TPSA) is 238 Å². The van der Waals surface area contributed by atoms with Gasteiger partial charge in [0.15, 0.2) is 0 Å². The van der Waals surface area contributed by atoms with Crippen LogP contribution in [0.5, 0.6) is 0 Å². The molecular formula is CH6FeN3O8S2. The zero-order valence-corrected chi connectivity index (χ0v) is 9.46. The third kappa shape index (κ3) is 19400. The quantitative estimate of drug-likeness (QED) is 0.128. The van der Waals surface area contributed by atoms with Crippen molar-refractivity contribution in [3.05, 3.63) is 0 Å². The summed E-state index contributed by atoms with van der Waals surface area (Å²) in [7, 11) is -10.3. The molecule has 0 rings (SSSR count). The van der Waals surface area contributed by atoms with E-state index >= 15 is 0 Å². The summed E-state index contributed by atoms with van der Waals surface area (Å²) < 4.78 is 68.2. The van der Waals surface area contributed by atoms with Crippen molar-refractivity contribution in [3.63, 3.8) is 0 Å². The maximum absolute atomic E-state index is 8.52. The van der Waals surface area contributed by atoms with Gasteiger partial charge in [-0.15, -0.1) is 0 Å². The van der Waals surface area contributed by atoms with E-state index in [-0.39, 0.29) is 23.0 Å². The third-order valence-corrected chi connectivity index (χ3v) is 0. The van der Waals surface area contributed by atoms with E-state index in [4.69, 9.17) is 40.5 Å². The van der Waals surface area contributed by atoms with E-state index in [2.05, 4.69) is 11.5 Å². The molecule has 0 bridgehead atoms. The Morgan fingerprint density at radius 2 is 1.00 bits per heavy atom. The number of guanidine groups is 1. The van der Waals surface area contributed by atoms with Crippen LogP contribution in [0.4, 0.5) is 0 Å². The molecule has 6 N–H and O–H groups in total. The van der Waals surface area contributed by atoms with Gasteiger partial charge in [0.1, 0.15) is 0 Å². The van der Waals surface area contributed by atoms with Crippen molar-refractivity contribution in [3.8, 4) is 0 Å². The van der Waals surface area contributed by atoms with Gasteiger partial charge in [-0.25, -0.2) is 5.41 Å². The van der Waals surface area contributed by atoms with Gasteiger partial charge in [-0.1, -0.05) is 0 Å². The van der Waals surface area contributed by atoms with Crippen LogP contribution in [0.1, 0.15) is 0 Å². The van der Waals surface area contributed by atoms with Gasteiger partial charge in [0, 0.05) is 20.8 Å². The molecule has 1 radical (unpaired) electrons. The SMILES string of the molecule is N=C(N)[NH3+].O=S(=O)([O-])[O-].O=S(=O)([O-])[O-].[Fe+3]. The van der Waals surface area contributed by atoms with Gasteiger partial charge < -0.3 is 23.9 Å². The second-order valence-electron chi connectivity index (χ2n) is 1.34. The van der Waals surface area contributed by atoms with Gasteiger partial charge >= 0.3 is 17.1 Å². The number of nitrogens with two attached hydrogens (primary N) is 1. The standard InChI is InChI=1S/CH5N3.Fe.2H2O4S/c2-1(3)4;;2*1-5(2,3)4/h(H5,2,3,4);;2*(H2,1,2,3,4)/q;+3;;/p-3. The average molecular weight is 308 g/mol. The van der Waals surface area contributed by atoms with Crippen molar-refractivity contribution < 1.29 is 57.8 Å². The van der Waals surface area contributed by atoms with Crippen molar-refractivity contribution >= 4 is 26.8 Å². The van der Waals surface area contributed by atoms with Crippen LogP contribution in [0.3, 0.4) is 0 Å². The minimum absolute atomic E-state index is 0. The number of nitrogens with one attached hydrogen (secondary N) is 1. The Kier molecular flexibility index (Phi) is 16.4. The molecule has 0 amide bonds. The van der Waals surface area contributed by atoms with E-state index in [1.165, 1.54) is 0 Å². The fraction of sp³-hybridized carbons (Fsp3) is 0. The van der Waals surface area contributed by atoms with Crippen LogP contribution in [0.2, 0.25) is 0 Å². The first-order valence-corrected chi connectivity index (χ1v) is 4.89. The third-order valence-electron chi connectivity index (χ3n) is 0. The van der Waals surface area contributed by atoms with Crippen LogP contribution in [0.15, 0.2) is 0 Å². The first-order valence-electron chi connectivity index (χ1n) is 2.23. The number of hydrogen-bond donors (Lipinski definition) is 3.